The van der Waals surface area contributed by atoms with Crippen LogP contribution in [0, 0.1) is 5.92 Å². The fraction of sp³-hybridized carbons (Fsp3) is 0.444. The van der Waals surface area contributed by atoms with Crippen molar-refractivity contribution in [1.82, 2.24) is 20.0 Å². The molecular formula is C18H19F2N5O4. The monoisotopic (exact) mass is 407 g/mol. The number of aromatic nitrogens is 2. The van der Waals surface area contributed by atoms with Gasteiger partial charge in [-0.15, -0.1) is 5.10 Å². The van der Waals surface area contributed by atoms with Gasteiger partial charge < -0.3 is 20.7 Å². The number of benzene rings is 1. The van der Waals surface area contributed by atoms with Crippen LogP contribution in [0.3, 0.4) is 0 Å². The molecule has 3 amide bonds. The van der Waals surface area contributed by atoms with Gasteiger partial charge in [0.2, 0.25) is 11.8 Å². The Labute approximate surface area is 163 Å². The maximum absolute atomic E-state index is 13.0. The first kappa shape index (κ1) is 19.1. The lowest BCUT2D eigenvalue weighted by atomic mass is 10.1. The number of amides is 3. The van der Waals surface area contributed by atoms with Gasteiger partial charge >= 0.3 is 6.09 Å². The van der Waals surface area contributed by atoms with Crippen molar-refractivity contribution in [2.45, 2.75) is 37.9 Å². The number of primary amides is 1. The van der Waals surface area contributed by atoms with Crippen LogP contribution in [0.25, 0.3) is 10.9 Å². The standard InChI is InChI=1S/C18H19F2N5O4/c19-14(20)7-22-16(27)13-6-9-5-12(9)25(13)15(26)8-24-11-4-2-1-3-10(11)17(23-24)29-18(21)28/h1-4,9,12-14H,5-8H2,(H2,21,28)(H,22,27)/t9-,12-,13+/m1/s1. The lowest BCUT2D eigenvalue weighted by Gasteiger charge is -2.27. The van der Waals surface area contributed by atoms with Crippen molar-refractivity contribution in [3.63, 3.8) is 0 Å². The highest BCUT2D eigenvalue weighted by atomic mass is 19.3. The molecule has 11 heteroatoms. The summed E-state index contributed by atoms with van der Waals surface area (Å²) >= 11 is 0. The molecular weight excluding hydrogens is 388 g/mol. The van der Waals surface area contributed by atoms with Crippen molar-refractivity contribution in [1.29, 1.82) is 0 Å². The molecule has 154 valence electrons. The molecule has 1 aliphatic carbocycles. The normalized spacial score (nSPS) is 22.6. The predicted octanol–water partition coefficient (Wildman–Crippen LogP) is 0.865. The highest BCUT2D eigenvalue weighted by Crippen LogP contribution is 2.48. The summed E-state index contributed by atoms with van der Waals surface area (Å²) in [5.41, 5.74) is 5.62. The number of alkyl halides is 2. The average Bonchev–Trinajstić information content (AvgIpc) is 3.20. The summed E-state index contributed by atoms with van der Waals surface area (Å²) in [6.45, 7) is -0.936. The van der Waals surface area contributed by atoms with Crippen LogP contribution < -0.4 is 15.8 Å². The van der Waals surface area contributed by atoms with E-state index in [1.165, 1.54) is 9.58 Å². The number of hydrogen-bond donors (Lipinski definition) is 2. The molecule has 2 aliphatic rings. The van der Waals surface area contributed by atoms with Crippen LogP contribution in [0.4, 0.5) is 13.6 Å². The third kappa shape index (κ3) is 3.71. The van der Waals surface area contributed by atoms with Gasteiger partial charge in [0, 0.05) is 6.04 Å². The van der Waals surface area contributed by atoms with E-state index in [9.17, 15) is 23.2 Å². The number of halogens is 2. The molecule has 0 radical (unpaired) electrons. The molecule has 29 heavy (non-hydrogen) atoms. The van der Waals surface area contributed by atoms with Gasteiger partial charge in [0.15, 0.2) is 0 Å². The third-order valence-electron chi connectivity index (χ3n) is 5.23. The Morgan fingerprint density at radius 3 is 2.76 bits per heavy atom. The Kier molecular flexibility index (Phi) is 4.81. The highest BCUT2D eigenvalue weighted by Gasteiger charge is 2.56. The van der Waals surface area contributed by atoms with Gasteiger partial charge in [0.25, 0.3) is 12.3 Å². The first-order valence-corrected chi connectivity index (χ1v) is 9.15. The Bertz CT molecular complexity index is 978. The first-order chi connectivity index (χ1) is 13.8. The maximum Gasteiger partial charge on any atom is 0.411 e. The topological polar surface area (TPSA) is 120 Å². The highest BCUT2D eigenvalue weighted by molar-refractivity contribution is 5.91. The van der Waals surface area contributed by atoms with Gasteiger partial charge in [0.1, 0.15) is 12.6 Å². The zero-order valence-corrected chi connectivity index (χ0v) is 15.3. The number of para-hydroxylation sites is 1. The van der Waals surface area contributed by atoms with Gasteiger partial charge in [0.05, 0.1) is 17.4 Å². The fourth-order valence-electron chi connectivity index (χ4n) is 3.94. The molecule has 0 spiro atoms. The average molecular weight is 407 g/mol. The summed E-state index contributed by atoms with van der Waals surface area (Å²) in [7, 11) is 0. The summed E-state index contributed by atoms with van der Waals surface area (Å²) < 4.78 is 31.1. The number of likely N-dealkylation sites (tertiary alicyclic amines) is 1. The quantitative estimate of drug-likeness (QED) is 0.736. The first-order valence-electron chi connectivity index (χ1n) is 9.15. The number of nitrogens with one attached hydrogen (secondary N) is 1. The van der Waals surface area contributed by atoms with Gasteiger partial charge in [-0.2, -0.15) is 0 Å². The number of fused-ring (bicyclic) bond motifs is 2. The van der Waals surface area contributed by atoms with Gasteiger partial charge in [-0.3, -0.25) is 14.3 Å². The van der Waals surface area contributed by atoms with Crippen LogP contribution in [0.5, 0.6) is 5.88 Å². The van der Waals surface area contributed by atoms with Crippen molar-refractivity contribution in [2.24, 2.45) is 11.7 Å². The van der Waals surface area contributed by atoms with E-state index in [0.717, 1.165) is 6.42 Å². The molecule has 4 rings (SSSR count). The summed E-state index contributed by atoms with van der Waals surface area (Å²) in [5.74, 6) is -0.734. The predicted molar refractivity (Wildman–Crippen MR) is 96.1 cm³/mol. The van der Waals surface area contributed by atoms with E-state index >= 15 is 0 Å². The second-order valence-electron chi connectivity index (χ2n) is 7.15. The molecule has 0 unspecified atom stereocenters. The van der Waals surface area contributed by atoms with Crippen LogP contribution in [-0.4, -0.2) is 57.6 Å². The molecule has 1 aliphatic heterocycles. The van der Waals surface area contributed by atoms with E-state index in [1.54, 1.807) is 24.3 Å². The van der Waals surface area contributed by atoms with E-state index in [4.69, 9.17) is 10.5 Å². The number of ether oxygens (including phenoxy) is 1. The van der Waals surface area contributed by atoms with Gasteiger partial charge in [-0.25, -0.2) is 13.6 Å². The molecule has 3 N–H and O–H groups in total. The smallest absolute Gasteiger partial charge is 0.389 e. The minimum atomic E-state index is -2.65. The molecule has 1 saturated carbocycles. The number of nitrogens with two attached hydrogens (primary N) is 1. The van der Waals surface area contributed by atoms with Crippen LogP contribution in [0.15, 0.2) is 24.3 Å². The number of rotatable bonds is 6. The van der Waals surface area contributed by atoms with Crippen molar-refractivity contribution in [3.8, 4) is 5.88 Å². The molecule has 2 fully saturated rings. The van der Waals surface area contributed by atoms with Crippen LogP contribution >= 0.6 is 0 Å². The van der Waals surface area contributed by atoms with Crippen molar-refractivity contribution < 1.29 is 27.9 Å². The van der Waals surface area contributed by atoms with Crippen molar-refractivity contribution in [2.75, 3.05) is 6.54 Å². The molecule has 3 atom stereocenters. The fourth-order valence-corrected chi connectivity index (χ4v) is 3.94. The van der Waals surface area contributed by atoms with Gasteiger partial charge in [-0.1, -0.05) is 12.1 Å². The third-order valence-corrected chi connectivity index (χ3v) is 5.23. The number of carbonyl (C=O) groups excluding carboxylic acids is 3. The minimum Gasteiger partial charge on any atom is -0.389 e. The zero-order valence-electron chi connectivity index (χ0n) is 15.3. The summed E-state index contributed by atoms with van der Waals surface area (Å²) in [6, 6.07) is 6.02. The molecule has 9 nitrogen and oxygen atoms in total. The number of hydrogen-bond acceptors (Lipinski definition) is 5. The molecule has 1 aromatic carbocycles. The van der Waals surface area contributed by atoms with Crippen LogP contribution in [0.2, 0.25) is 0 Å². The SMILES string of the molecule is NC(=O)Oc1nn(CC(=O)N2[C@@H]3C[C@@H]3C[C@H]2C(=O)NCC(F)F)c2ccccc12. The van der Waals surface area contributed by atoms with Crippen LogP contribution in [-0.2, 0) is 16.1 Å². The summed E-state index contributed by atoms with van der Waals surface area (Å²) in [4.78, 5) is 37.8. The Balaban J connectivity index is 1.54. The van der Waals surface area contributed by atoms with Crippen molar-refractivity contribution in [3.05, 3.63) is 24.3 Å². The van der Waals surface area contributed by atoms with E-state index in [-0.39, 0.29) is 30.3 Å². The van der Waals surface area contributed by atoms with Crippen molar-refractivity contribution >= 4 is 28.8 Å². The number of carbonyl (C=O) groups is 3. The number of nitrogens with zero attached hydrogens (tertiary/aromatic N) is 3. The summed E-state index contributed by atoms with van der Waals surface area (Å²) in [6.07, 6.45) is -2.43. The Hall–Kier alpha value is -3.24. The van der Waals surface area contributed by atoms with Gasteiger partial charge in [-0.05, 0) is 30.9 Å². The summed E-state index contributed by atoms with van der Waals surface area (Å²) in [5, 5.41) is 6.86. The van der Waals surface area contributed by atoms with E-state index in [0.29, 0.717) is 17.3 Å². The van der Waals surface area contributed by atoms with E-state index < -0.39 is 31.0 Å². The molecule has 0 bridgehead atoms. The molecule has 2 heterocycles. The lowest BCUT2D eigenvalue weighted by molar-refractivity contribution is -0.140. The van der Waals surface area contributed by atoms with E-state index in [2.05, 4.69) is 10.4 Å². The number of piperidine rings is 1. The Morgan fingerprint density at radius 2 is 2.03 bits per heavy atom. The molecule has 1 saturated heterocycles. The molecule has 2 aromatic rings. The zero-order chi connectivity index (χ0) is 20.7. The Morgan fingerprint density at radius 1 is 1.28 bits per heavy atom. The second kappa shape index (κ2) is 7.30. The lowest BCUT2D eigenvalue weighted by Crippen LogP contribution is -2.49. The second-order valence-corrected chi connectivity index (χ2v) is 7.15. The van der Waals surface area contributed by atoms with E-state index in [1.807, 2.05) is 0 Å². The maximum atomic E-state index is 13.0. The largest absolute Gasteiger partial charge is 0.411 e. The van der Waals surface area contributed by atoms with Crippen LogP contribution in [0.1, 0.15) is 12.8 Å². The minimum absolute atomic E-state index is 0.0159. The molecule has 1 aromatic heterocycles.